The predicted molar refractivity (Wildman–Crippen MR) is 93.1 cm³/mol. The summed E-state index contributed by atoms with van der Waals surface area (Å²) in [5.74, 6) is -0.225. The zero-order valence-electron chi connectivity index (χ0n) is 12.1. The molecule has 0 amide bonds. The summed E-state index contributed by atoms with van der Waals surface area (Å²) in [6.45, 7) is 5.10. The number of hydrogen-bond acceptors (Lipinski definition) is 1. The Labute approximate surface area is 142 Å². The van der Waals surface area contributed by atoms with Gasteiger partial charge in [0.2, 0.25) is 0 Å². The second kappa shape index (κ2) is 7.52. The lowest BCUT2D eigenvalue weighted by Crippen LogP contribution is -2.23. The molecule has 2 aromatic rings. The van der Waals surface area contributed by atoms with Crippen molar-refractivity contribution < 1.29 is 4.39 Å². The van der Waals surface area contributed by atoms with Gasteiger partial charge in [0.05, 0.1) is 4.47 Å². The Bertz CT molecular complexity index is 628. The second-order valence-electron chi connectivity index (χ2n) is 5.02. The molecule has 1 nitrogen and oxygen atoms in total. The maximum atomic E-state index is 13.4. The molecule has 1 atom stereocenters. The van der Waals surface area contributed by atoms with Gasteiger partial charge < -0.3 is 5.32 Å². The molecule has 0 aliphatic carbocycles. The first kappa shape index (κ1) is 16.7. The van der Waals surface area contributed by atoms with Gasteiger partial charge in [-0.15, -0.1) is 0 Å². The fourth-order valence-corrected chi connectivity index (χ4v) is 3.25. The number of rotatable bonds is 5. The van der Waals surface area contributed by atoms with Gasteiger partial charge in [0.25, 0.3) is 0 Å². The molecule has 0 aliphatic rings. The Kier molecular flexibility index (Phi) is 5.97. The highest BCUT2D eigenvalue weighted by molar-refractivity contribution is 9.10. The van der Waals surface area contributed by atoms with E-state index in [9.17, 15) is 4.39 Å². The van der Waals surface area contributed by atoms with E-state index in [1.54, 1.807) is 0 Å². The average Bonchev–Trinajstić information content (AvgIpc) is 2.45. The van der Waals surface area contributed by atoms with Gasteiger partial charge in [-0.25, -0.2) is 4.39 Å². The number of benzene rings is 2. The first-order valence-electron chi connectivity index (χ1n) is 6.95. The van der Waals surface area contributed by atoms with Gasteiger partial charge in [-0.05, 0) is 70.7 Å². The number of likely N-dealkylation sites (N-methyl/N-ethyl adjacent to an activating group) is 1. The molecule has 2 aromatic carbocycles. The molecule has 21 heavy (non-hydrogen) atoms. The third-order valence-corrected chi connectivity index (χ3v) is 5.03. The van der Waals surface area contributed by atoms with Crippen molar-refractivity contribution in [2.24, 2.45) is 0 Å². The van der Waals surface area contributed by atoms with Crippen LogP contribution in [-0.4, -0.2) is 6.54 Å². The third-order valence-electron chi connectivity index (χ3n) is 3.56. The van der Waals surface area contributed by atoms with E-state index in [2.05, 4.69) is 69.2 Å². The van der Waals surface area contributed by atoms with Gasteiger partial charge in [-0.3, -0.25) is 0 Å². The fourth-order valence-electron chi connectivity index (χ4n) is 2.44. The van der Waals surface area contributed by atoms with Crippen LogP contribution in [0.5, 0.6) is 0 Å². The minimum absolute atomic E-state index is 0.213. The van der Waals surface area contributed by atoms with Crippen molar-refractivity contribution in [3.05, 3.63) is 67.9 Å². The van der Waals surface area contributed by atoms with Crippen LogP contribution < -0.4 is 5.32 Å². The topological polar surface area (TPSA) is 12.0 Å². The van der Waals surface area contributed by atoms with Crippen molar-refractivity contribution in [1.82, 2.24) is 5.32 Å². The first-order chi connectivity index (χ1) is 10.0. The minimum Gasteiger partial charge on any atom is -0.310 e. The van der Waals surface area contributed by atoms with E-state index >= 15 is 0 Å². The van der Waals surface area contributed by atoms with E-state index in [0.717, 1.165) is 23.0 Å². The lowest BCUT2D eigenvalue weighted by molar-refractivity contribution is 0.545. The highest BCUT2D eigenvalue weighted by Crippen LogP contribution is 2.28. The summed E-state index contributed by atoms with van der Waals surface area (Å²) < 4.78 is 15.0. The highest BCUT2D eigenvalue weighted by atomic mass is 79.9. The molecule has 4 heteroatoms. The molecule has 0 radical (unpaired) electrons. The second-order valence-corrected chi connectivity index (χ2v) is 6.73. The van der Waals surface area contributed by atoms with Crippen LogP contribution in [-0.2, 0) is 6.42 Å². The van der Waals surface area contributed by atoms with Crippen LogP contribution in [0.4, 0.5) is 4.39 Å². The lowest BCUT2D eigenvalue weighted by atomic mass is 9.95. The molecule has 0 aliphatic heterocycles. The van der Waals surface area contributed by atoms with Crippen LogP contribution >= 0.6 is 31.9 Å². The van der Waals surface area contributed by atoms with Crippen molar-refractivity contribution in [3.63, 3.8) is 0 Å². The largest absolute Gasteiger partial charge is 0.310 e. The van der Waals surface area contributed by atoms with E-state index in [1.165, 1.54) is 17.2 Å². The van der Waals surface area contributed by atoms with Gasteiger partial charge in [0.1, 0.15) is 5.82 Å². The summed E-state index contributed by atoms with van der Waals surface area (Å²) in [5, 5.41) is 3.52. The summed E-state index contributed by atoms with van der Waals surface area (Å²) in [7, 11) is 0. The molecule has 0 aromatic heterocycles. The van der Waals surface area contributed by atoms with E-state index < -0.39 is 0 Å². The molecule has 2 rings (SSSR count). The quantitative estimate of drug-likeness (QED) is 0.675. The Balaban J connectivity index is 2.30. The molecular weight excluding hydrogens is 397 g/mol. The van der Waals surface area contributed by atoms with Crippen LogP contribution in [0.15, 0.2) is 45.3 Å². The average molecular weight is 415 g/mol. The zero-order valence-corrected chi connectivity index (χ0v) is 15.3. The fraction of sp³-hybridized carbons (Fsp3) is 0.294. The summed E-state index contributed by atoms with van der Waals surface area (Å²) in [6.07, 6.45) is 0.823. The van der Waals surface area contributed by atoms with Crippen LogP contribution in [0, 0.1) is 12.7 Å². The molecule has 1 N–H and O–H groups in total. The monoisotopic (exact) mass is 413 g/mol. The Morgan fingerprint density at radius 3 is 2.57 bits per heavy atom. The van der Waals surface area contributed by atoms with Gasteiger partial charge in [-0.1, -0.05) is 41.1 Å². The summed E-state index contributed by atoms with van der Waals surface area (Å²) in [4.78, 5) is 0. The molecule has 0 spiro atoms. The van der Waals surface area contributed by atoms with Crippen molar-refractivity contribution in [2.45, 2.75) is 26.3 Å². The summed E-state index contributed by atoms with van der Waals surface area (Å²) in [5.41, 5.74) is 3.62. The minimum atomic E-state index is -0.225. The smallest absolute Gasteiger partial charge is 0.137 e. The molecular formula is C17H18Br2FN. The van der Waals surface area contributed by atoms with Gasteiger partial charge in [-0.2, -0.15) is 0 Å². The zero-order chi connectivity index (χ0) is 15.4. The molecule has 112 valence electrons. The van der Waals surface area contributed by atoms with E-state index in [1.807, 2.05) is 12.1 Å². The first-order valence-corrected chi connectivity index (χ1v) is 8.53. The Hall–Kier alpha value is -0.710. The van der Waals surface area contributed by atoms with E-state index in [4.69, 9.17) is 0 Å². The van der Waals surface area contributed by atoms with E-state index in [0.29, 0.717) is 4.47 Å². The maximum absolute atomic E-state index is 13.4. The molecule has 0 fully saturated rings. The number of nitrogens with one attached hydrogen (secondary N) is 1. The van der Waals surface area contributed by atoms with Crippen LogP contribution in [0.3, 0.4) is 0 Å². The van der Waals surface area contributed by atoms with Crippen molar-refractivity contribution in [1.29, 1.82) is 0 Å². The molecule has 0 heterocycles. The summed E-state index contributed by atoms with van der Waals surface area (Å²) in [6, 6.07) is 11.7. The standard InChI is InChI=1S/C17H18Br2FN/c1-3-21-17(13-5-4-6-14(18)11(13)2)10-12-7-8-16(20)15(19)9-12/h4-9,17,21H,3,10H2,1-2H3. The Morgan fingerprint density at radius 1 is 1.14 bits per heavy atom. The molecule has 0 saturated carbocycles. The lowest BCUT2D eigenvalue weighted by Gasteiger charge is -2.21. The highest BCUT2D eigenvalue weighted by Gasteiger charge is 2.15. The van der Waals surface area contributed by atoms with Gasteiger partial charge in [0.15, 0.2) is 0 Å². The Morgan fingerprint density at radius 2 is 1.90 bits per heavy atom. The van der Waals surface area contributed by atoms with Crippen molar-refractivity contribution in [2.75, 3.05) is 6.54 Å². The summed E-state index contributed by atoms with van der Waals surface area (Å²) >= 11 is 6.84. The normalized spacial score (nSPS) is 12.4. The van der Waals surface area contributed by atoms with Gasteiger partial charge in [0, 0.05) is 10.5 Å². The molecule has 0 bridgehead atoms. The van der Waals surface area contributed by atoms with Crippen molar-refractivity contribution in [3.8, 4) is 0 Å². The molecule has 1 unspecified atom stereocenters. The SMILES string of the molecule is CCNC(Cc1ccc(F)c(Br)c1)c1cccc(Br)c1C. The van der Waals surface area contributed by atoms with Crippen molar-refractivity contribution >= 4 is 31.9 Å². The maximum Gasteiger partial charge on any atom is 0.137 e. The predicted octanol–water partition coefficient (Wildman–Crippen LogP) is 5.55. The third kappa shape index (κ3) is 4.15. The number of halogens is 3. The van der Waals surface area contributed by atoms with Crippen LogP contribution in [0.2, 0.25) is 0 Å². The van der Waals surface area contributed by atoms with E-state index in [-0.39, 0.29) is 11.9 Å². The van der Waals surface area contributed by atoms with Crippen LogP contribution in [0.1, 0.15) is 29.7 Å². The van der Waals surface area contributed by atoms with Crippen LogP contribution in [0.25, 0.3) is 0 Å². The van der Waals surface area contributed by atoms with Gasteiger partial charge >= 0.3 is 0 Å². The number of hydrogen-bond donors (Lipinski definition) is 1. The molecule has 0 saturated heterocycles.